The van der Waals surface area contributed by atoms with Crippen LogP contribution in [0.2, 0.25) is 0 Å². The Morgan fingerprint density at radius 1 is 0.967 bits per heavy atom. The number of carbonyl (C=O) groups excluding carboxylic acids is 1. The molecule has 0 aliphatic carbocycles. The second kappa shape index (κ2) is 17.2. The van der Waals surface area contributed by atoms with E-state index in [9.17, 15) is 9.90 Å². The van der Waals surface area contributed by atoms with Gasteiger partial charge in [0.2, 0.25) is 5.84 Å². The van der Waals surface area contributed by atoms with E-state index in [0.717, 1.165) is 25.1 Å². The van der Waals surface area contributed by atoms with Crippen LogP contribution in [0.5, 0.6) is 0 Å². The van der Waals surface area contributed by atoms with Crippen LogP contribution >= 0.6 is 0 Å². The van der Waals surface area contributed by atoms with Crippen molar-refractivity contribution in [1.29, 1.82) is 0 Å². The van der Waals surface area contributed by atoms with Gasteiger partial charge >= 0.3 is 0 Å². The van der Waals surface area contributed by atoms with Crippen molar-refractivity contribution < 1.29 is 14.4 Å². The van der Waals surface area contributed by atoms with E-state index in [4.69, 9.17) is 5.73 Å². The van der Waals surface area contributed by atoms with Crippen molar-refractivity contribution in [2.24, 2.45) is 10.7 Å². The van der Waals surface area contributed by atoms with Crippen LogP contribution in [0.25, 0.3) is 0 Å². The quantitative estimate of drug-likeness (QED) is 0.174. The van der Waals surface area contributed by atoms with E-state index in [0.29, 0.717) is 13.1 Å². The topological polar surface area (TPSA) is 78.5 Å². The standard InChI is InChI=1S/C25H45N3O2/c1-2-3-4-5-6-7-8-9-10-11-12-13-14-15-16-17-18-24-27-20-22-28(24,21-19-26)23-25(29)30/h10-11,20,22H,2-9,12-19,21,23,26H2,1H3/b11-10+. The first-order valence-corrected chi connectivity index (χ1v) is 12.3. The highest BCUT2D eigenvalue weighted by atomic mass is 16.4. The van der Waals surface area contributed by atoms with Crippen molar-refractivity contribution >= 4 is 11.8 Å². The Balaban J connectivity index is 2.01. The zero-order valence-electron chi connectivity index (χ0n) is 19.3. The summed E-state index contributed by atoms with van der Waals surface area (Å²) in [6.07, 6.45) is 27.1. The fourth-order valence-electron chi connectivity index (χ4n) is 4.15. The van der Waals surface area contributed by atoms with E-state index < -0.39 is 5.97 Å². The molecule has 172 valence electrons. The van der Waals surface area contributed by atoms with Crippen LogP contribution in [0.1, 0.15) is 103 Å². The lowest BCUT2D eigenvalue weighted by molar-refractivity contribution is -0.780. The van der Waals surface area contributed by atoms with Gasteiger partial charge < -0.3 is 15.6 Å². The minimum absolute atomic E-state index is 0.0717. The van der Waals surface area contributed by atoms with Gasteiger partial charge in [-0.2, -0.15) is 0 Å². The Morgan fingerprint density at radius 3 is 2.10 bits per heavy atom. The number of aliphatic carboxylic acids is 1. The smallest absolute Gasteiger partial charge is 0.207 e. The highest BCUT2D eigenvalue weighted by Gasteiger charge is 2.34. The van der Waals surface area contributed by atoms with E-state index in [1.165, 1.54) is 77.0 Å². The Kier molecular flexibility index (Phi) is 15.3. The van der Waals surface area contributed by atoms with Crippen molar-refractivity contribution in [3.05, 3.63) is 24.6 Å². The minimum atomic E-state index is -1.05. The molecule has 1 heterocycles. The average molecular weight is 420 g/mol. The van der Waals surface area contributed by atoms with Crippen molar-refractivity contribution in [1.82, 2.24) is 0 Å². The molecule has 1 aliphatic heterocycles. The third kappa shape index (κ3) is 11.7. The molecule has 5 nitrogen and oxygen atoms in total. The van der Waals surface area contributed by atoms with Gasteiger partial charge in [-0.3, -0.25) is 0 Å². The number of hydrogen-bond donors (Lipinski definition) is 1. The molecule has 0 fully saturated rings. The fourth-order valence-corrected chi connectivity index (χ4v) is 4.15. The van der Waals surface area contributed by atoms with Gasteiger partial charge in [-0.25, -0.2) is 9.48 Å². The molecule has 0 saturated carbocycles. The second-order valence-electron chi connectivity index (χ2n) is 8.61. The predicted molar refractivity (Wildman–Crippen MR) is 125 cm³/mol. The highest BCUT2D eigenvalue weighted by molar-refractivity contribution is 5.80. The number of aliphatic imine (C=N–C) groups is 1. The van der Waals surface area contributed by atoms with E-state index in [1.807, 2.05) is 6.20 Å². The molecular weight excluding hydrogens is 374 g/mol. The molecular formula is C25H45N3O2. The van der Waals surface area contributed by atoms with Crippen LogP contribution in [0.15, 0.2) is 29.5 Å². The van der Waals surface area contributed by atoms with E-state index >= 15 is 0 Å². The van der Waals surface area contributed by atoms with Crippen LogP contribution in [-0.2, 0) is 4.79 Å². The number of carbonyl (C=O) groups is 1. The van der Waals surface area contributed by atoms with Crippen molar-refractivity contribution in [2.45, 2.75) is 103 Å². The maximum absolute atomic E-state index is 11.1. The molecule has 1 rings (SSSR count). The van der Waals surface area contributed by atoms with Gasteiger partial charge in [-0.05, 0) is 32.1 Å². The number of rotatable bonds is 20. The molecule has 1 aliphatic rings. The van der Waals surface area contributed by atoms with Crippen molar-refractivity contribution in [3.8, 4) is 0 Å². The van der Waals surface area contributed by atoms with Crippen molar-refractivity contribution in [2.75, 3.05) is 19.6 Å². The lowest BCUT2D eigenvalue weighted by Gasteiger charge is -2.32. The van der Waals surface area contributed by atoms with E-state index in [-0.39, 0.29) is 11.0 Å². The first kappa shape index (κ1) is 26.6. The number of hydrogen-bond acceptors (Lipinski definition) is 4. The summed E-state index contributed by atoms with van der Waals surface area (Å²) in [5.41, 5.74) is 5.70. The van der Waals surface area contributed by atoms with Gasteiger partial charge in [0, 0.05) is 13.0 Å². The molecule has 1 atom stereocenters. The van der Waals surface area contributed by atoms with Crippen LogP contribution < -0.4 is 10.8 Å². The van der Waals surface area contributed by atoms with Gasteiger partial charge in [0.1, 0.15) is 19.3 Å². The first-order valence-electron chi connectivity index (χ1n) is 12.3. The lowest BCUT2D eigenvalue weighted by atomic mass is 10.1. The molecule has 0 aromatic heterocycles. The zero-order chi connectivity index (χ0) is 21.9. The SMILES string of the molecule is CCCCCCCCC/C=C/CCCCCCCC1=NC=C[N+]1(CCN)CC(=O)[O-]. The molecule has 0 amide bonds. The number of quaternary nitrogens is 1. The minimum Gasteiger partial charge on any atom is -0.544 e. The maximum Gasteiger partial charge on any atom is 0.207 e. The van der Waals surface area contributed by atoms with Gasteiger partial charge in [0.05, 0.1) is 12.2 Å². The monoisotopic (exact) mass is 419 g/mol. The lowest BCUT2D eigenvalue weighted by Crippen LogP contribution is -2.55. The number of amidine groups is 1. The van der Waals surface area contributed by atoms with E-state index in [1.54, 1.807) is 6.20 Å². The molecule has 2 N–H and O–H groups in total. The maximum atomic E-state index is 11.1. The second-order valence-corrected chi connectivity index (χ2v) is 8.61. The number of nitrogens with two attached hydrogens (primary N) is 1. The average Bonchev–Trinajstić information content (AvgIpc) is 3.09. The summed E-state index contributed by atoms with van der Waals surface area (Å²) >= 11 is 0. The van der Waals surface area contributed by atoms with Gasteiger partial charge in [0.15, 0.2) is 0 Å². The Bertz CT molecular complexity index is 543. The summed E-state index contributed by atoms with van der Waals surface area (Å²) in [6, 6.07) is 0. The molecule has 0 bridgehead atoms. The Morgan fingerprint density at radius 2 is 1.53 bits per heavy atom. The van der Waals surface area contributed by atoms with Crippen molar-refractivity contribution in [3.63, 3.8) is 0 Å². The summed E-state index contributed by atoms with van der Waals surface area (Å²) < 4.78 is 0.238. The van der Waals surface area contributed by atoms with Crippen LogP contribution in [0, 0.1) is 0 Å². The van der Waals surface area contributed by atoms with Crippen LogP contribution in [0.4, 0.5) is 0 Å². The third-order valence-electron chi connectivity index (χ3n) is 5.94. The van der Waals surface area contributed by atoms with E-state index in [2.05, 4.69) is 24.1 Å². The van der Waals surface area contributed by atoms with Gasteiger partial charge in [-0.15, -0.1) is 0 Å². The first-order chi connectivity index (χ1) is 14.6. The molecule has 5 heteroatoms. The third-order valence-corrected chi connectivity index (χ3v) is 5.94. The number of nitrogens with zero attached hydrogens (tertiary/aromatic N) is 2. The summed E-state index contributed by atoms with van der Waals surface area (Å²) in [5, 5.41) is 11.1. The molecule has 0 aromatic carbocycles. The van der Waals surface area contributed by atoms with Gasteiger partial charge in [0.25, 0.3) is 0 Å². The van der Waals surface area contributed by atoms with Crippen LogP contribution in [0.3, 0.4) is 0 Å². The molecule has 0 saturated heterocycles. The molecule has 0 aromatic rings. The summed E-state index contributed by atoms with van der Waals surface area (Å²) in [5.74, 6) is -0.138. The number of allylic oxidation sites excluding steroid dienone is 2. The predicted octanol–water partition coefficient (Wildman–Crippen LogP) is 4.82. The highest BCUT2D eigenvalue weighted by Crippen LogP contribution is 2.21. The Hall–Kier alpha value is -1.46. The Labute approximate surface area is 184 Å². The number of unbranched alkanes of at least 4 members (excludes halogenated alkanes) is 12. The van der Waals surface area contributed by atoms with Crippen LogP contribution in [-0.4, -0.2) is 35.9 Å². The molecule has 1 unspecified atom stereocenters. The summed E-state index contributed by atoms with van der Waals surface area (Å²) in [7, 11) is 0. The summed E-state index contributed by atoms with van der Waals surface area (Å²) in [6.45, 7) is 3.19. The summed E-state index contributed by atoms with van der Waals surface area (Å²) in [4.78, 5) is 15.6. The molecule has 30 heavy (non-hydrogen) atoms. The number of carboxylic acid groups (broad SMARTS) is 1. The molecule has 0 spiro atoms. The normalized spacial score (nSPS) is 18.4. The zero-order valence-corrected chi connectivity index (χ0v) is 19.3. The molecule has 0 radical (unpaired) electrons. The number of carboxylic acids is 1. The largest absolute Gasteiger partial charge is 0.544 e. The fraction of sp³-hybridized carbons (Fsp3) is 0.760. The van der Waals surface area contributed by atoms with Gasteiger partial charge in [-0.1, -0.05) is 76.9 Å².